The second-order valence-corrected chi connectivity index (χ2v) is 8.46. The van der Waals surface area contributed by atoms with Crippen LogP contribution in [0.15, 0.2) is 47.1 Å². The number of amides is 2. The van der Waals surface area contributed by atoms with Crippen molar-refractivity contribution in [2.45, 2.75) is 20.3 Å². The van der Waals surface area contributed by atoms with E-state index in [1.807, 2.05) is 41.3 Å². The number of hydrogen-bond donors (Lipinski definition) is 1. The molecular weight excluding hydrogens is 432 g/mol. The minimum Gasteiger partial charge on any atom is -0.353 e. The maximum Gasteiger partial charge on any atom is 0.255 e. The molecule has 29 heavy (non-hydrogen) atoms. The Bertz CT molecular complexity index is 846. The molecule has 154 valence electrons. The first-order valence-corrected chi connectivity index (χ1v) is 10.8. The minimum atomic E-state index is -0.0893. The third-order valence-electron chi connectivity index (χ3n) is 5.01. The zero-order valence-electron chi connectivity index (χ0n) is 16.9. The molecule has 6 nitrogen and oxygen atoms in total. The Morgan fingerprint density at radius 2 is 1.83 bits per heavy atom. The fourth-order valence-corrected chi connectivity index (χ4v) is 3.68. The molecular formula is C22H27BrN4O2. The van der Waals surface area contributed by atoms with Gasteiger partial charge in [-0.1, -0.05) is 26.0 Å². The van der Waals surface area contributed by atoms with Gasteiger partial charge in [0.05, 0.1) is 11.1 Å². The van der Waals surface area contributed by atoms with E-state index in [1.54, 1.807) is 6.20 Å². The lowest BCUT2D eigenvalue weighted by molar-refractivity contribution is 0.0745. The monoisotopic (exact) mass is 458 g/mol. The van der Waals surface area contributed by atoms with E-state index < -0.39 is 0 Å². The first-order chi connectivity index (χ1) is 14.0. The van der Waals surface area contributed by atoms with E-state index in [4.69, 9.17) is 0 Å². The van der Waals surface area contributed by atoms with Crippen LogP contribution in [0.5, 0.6) is 0 Å². The number of pyridine rings is 1. The van der Waals surface area contributed by atoms with Crippen LogP contribution in [0.2, 0.25) is 0 Å². The van der Waals surface area contributed by atoms with Gasteiger partial charge in [0, 0.05) is 43.4 Å². The Hall–Kier alpha value is -2.41. The van der Waals surface area contributed by atoms with E-state index in [2.05, 4.69) is 45.0 Å². The zero-order valence-corrected chi connectivity index (χ0v) is 18.5. The van der Waals surface area contributed by atoms with E-state index in [1.165, 1.54) is 0 Å². The number of nitrogens with zero attached hydrogens (tertiary/aromatic N) is 3. The normalized spacial score (nSPS) is 14.2. The molecule has 0 spiro atoms. The second kappa shape index (κ2) is 9.87. The Morgan fingerprint density at radius 1 is 1.10 bits per heavy atom. The maximum absolute atomic E-state index is 12.7. The molecule has 0 atom stereocenters. The summed E-state index contributed by atoms with van der Waals surface area (Å²) >= 11 is 3.45. The van der Waals surface area contributed by atoms with Crippen molar-refractivity contribution in [3.05, 3.63) is 58.2 Å². The van der Waals surface area contributed by atoms with Gasteiger partial charge in [-0.25, -0.2) is 4.98 Å². The van der Waals surface area contributed by atoms with Crippen LogP contribution in [-0.2, 0) is 0 Å². The Morgan fingerprint density at radius 3 is 2.45 bits per heavy atom. The smallest absolute Gasteiger partial charge is 0.255 e. The van der Waals surface area contributed by atoms with E-state index in [9.17, 15) is 9.59 Å². The van der Waals surface area contributed by atoms with Crippen molar-refractivity contribution in [3.8, 4) is 0 Å². The van der Waals surface area contributed by atoms with E-state index in [0.29, 0.717) is 49.8 Å². The highest BCUT2D eigenvalue weighted by molar-refractivity contribution is 9.10. The van der Waals surface area contributed by atoms with Crippen molar-refractivity contribution in [1.82, 2.24) is 15.2 Å². The molecule has 2 amide bonds. The van der Waals surface area contributed by atoms with Gasteiger partial charge >= 0.3 is 0 Å². The van der Waals surface area contributed by atoms with Gasteiger partial charge in [0.2, 0.25) is 0 Å². The number of carbonyl (C=O) groups excluding carboxylic acids is 2. The number of carbonyl (C=O) groups is 2. The summed E-state index contributed by atoms with van der Waals surface area (Å²) in [5.74, 6) is 1.34. The van der Waals surface area contributed by atoms with E-state index in [0.717, 1.165) is 16.7 Å². The van der Waals surface area contributed by atoms with Gasteiger partial charge in [0.15, 0.2) is 0 Å². The third-order valence-corrected chi connectivity index (χ3v) is 5.70. The van der Waals surface area contributed by atoms with Crippen LogP contribution in [0.4, 0.5) is 5.82 Å². The van der Waals surface area contributed by atoms with Gasteiger partial charge in [-0.2, -0.15) is 0 Å². The first kappa shape index (κ1) is 21.3. The molecule has 3 rings (SSSR count). The molecule has 1 N–H and O–H groups in total. The number of halogens is 1. The van der Waals surface area contributed by atoms with Crippen molar-refractivity contribution < 1.29 is 9.59 Å². The molecule has 0 saturated carbocycles. The number of benzene rings is 1. The van der Waals surface area contributed by atoms with Crippen molar-refractivity contribution in [2.24, 2.45) is 5.92 Å². The van der Waals surface area contributed by atoms with Crippen LogP contribution < -0.4 is 10.2 Å². The summed E-state index contributed by atoms with van der Waals surface area (Å²) in [5, 5.41) is 2.93. The molecule has 0 radical (unpaired) electrons. The summed E-state index contributed by atoms with van der Waals surface area (Å²) in [6.45, 7) is 7.64. The van der Waals surface area contributed by atoms with Gasteiger partial charge in [-0.3, -0.25) is 9.59 Å². The van der Waals surface area contributed by atoms with Crippen molar-refractivity contribution in [2.75, 3.05) is 37.6 Å². The first-order valence-electron chi connectivity index (χ1n) is 9.98. The lowest BCUT2D eigenvalue weighted by Crippen LogP contribution is -2.49. The van der Waals surface area contributed by atoms with Crippen molar-refractivity contribution in [1.29, 1.82) is 0 Å². The molecule has 0 bridgehead atoms. The van der Waals surface area contributed by atoms with Crippen LogP contribution in [0.1, 0.15) is 41.0 Å². The molecule has 1 saturated heterocycles. The number of anilines is 1. The summed E-state index contributed by atoms with van der Waals surface area (Å²) in [5.41, 5.74) is 1.26. The molecule has 1 aliphatic heterocycles. The standard InChI is InChI=1S/C22H27BrN4O2/c1-16(2)9-10-24-21(28)17-7-8-20(25-15-17)26-11-13-27(14-12-26)22(29)18-5-3-4-6-19(18)23/h3-8,15-16H,9-14H2,1-2H3,(H,24,28). The SMILES string of the molecule is CC(C)CCNC(=O)c1ccc(N2CCN(C(=O)c3ccccc3Br)CC2)nc1. The summed E-state index contributed by atoms with van der Waals surface area (Å²) in [6.07, 6.45) is 2.58. The van der Waals surface area contributed by atoms with Gasteiger partial charge in [-0.15, -0.1) is 0 Å². The van der Waals surface area contributed by atoms with Crippen LogP contribution in [0, 0.1) is 5.92 Å². The molecule has 2 aromatic rings. The molecule has 2 heterocycles. The number of aromatic nitrogens is 1. The molecule has 1 aliphatic rings. The third kappa shape index (κ3) is 5.56. The van der Waals surface area contributed by atoms with Crippen LogP contribution in [0.3, 0.4) is 0 Å². The maximum atomic E-state index is 12.7. The fourth-order valence-electron chi connectivity index (χ4n) is 3.23. The van der Waals surface area contributed by atoms with E-state index in [-0.39, 0.29) is 11.8 Å². The topological polar surface area (TPSA) is 65.5 Å². The molecule has 1 fully saturated rings. The summed E-state index contributed by atoms with van der Waals surface area (Å²) in [7, 11) is 0. The van der Waals surface area contributed by atoms with Crippen LogP contribution >= 0.6 is 15.9 Å². The minimum absolute atomic E-state index is 0.0403. The van der Waals surface area contributed by atoms with E-state index >= 15 is 0 Å². The predicted octanol–water partition coefficient (Wildman–Crippen LogP) is 3.58. The molecule has 7 heteroatoms. The van der Waals surface area contributed by atoms with Gasteiger partial charge in [0.1, 0.15) is 5.82 Å². The number of rotatable bonds is 6. The highest BCUT2D eigenvalue weighted by Crippen LogP contribution is 2.20. The van der Waals surface area contributed by atoms with Gasteiger partial charge < -0.3 is 15.1 Å². The van der Waals surface area contributed by atoms with Crippen LogP contribution in [-0.4, -0.2) is 54.4 Å². The highest BCUT2D eigenvalue weighted by Gasteiger charge is 2.24. The number of nitrogens with one attached hydrogen (secondary N) is 1. The molecule has 1 aromatic heterocycles. The number of piperazine rings is 1. The van der Waals surface area contributed by atoms with Gasteiger partial charge in [-0.05, 0) is 52.5 Å². The molecule has 0 aliphatic carbocycles. The van der Waals surface area contributed by atoms with Crippen molar-refractivity contribution >= 4 is 33.6 Å². The molecule has 1 aromatic carbocycles. The Labute approximate surface area is 180 Å². The van der Waals surface area contributed by atoms with Gasteiger partial charge in [0.25, 0.3) is 11.8 Å². The summed E-state index contributed by atoms with van der Waals surface area (Å²) in [6, 6.07) is 11.2. The fraction of sp³-hybridized carbons (Fsp3) is 0.409. The average molecular weight is 459 g/mol. The highest BCUT2D eigenvalue weighted by atomic mass is 79.9. The summed E-state index contributed by atoms with van der Waals surface area (Å²) in [4.78, 5) is 33.4. The predicted molar refractivity (Wildman–Crippen MR) is 118 cm³/mol. The lowest BCUT2D eigenvalue weighted by atomic mass is 10.1. The second-order valence-electron chi connectivity index (χ2n) is 7.60. The Balaban J connectivity index is 1.54. The quantitative estimate of drug-likeness (QED) is 0.718. The average Bonchev–Trinajstić information content (AvgIpc) is 2.73. The zero-order chi connectivity index (χ0) is 20.8. The Kier molecular flexibility index (Phi) is 7.25. The number of hydrogen-bond acceptors (Lipinski definition) is 4. The molecule has 0 unspecified atom stereocenters. The van der Waals surface area contributed by atoms with Crippen LogP contribution in [0.25, 0.3) is 0 Å². The largest absolute Gasteiger partial charge is 0.353 e. The lowest BCUT2D eigenvalue weighted by Gasteiger charge is -2.35. The van der Waals surface area contributed by atoms with Crippen molar-refractivity contribution in [3.63, 3.8) is 0 Å². The summed E-state index contributed by atoms with van der Waals surface area (Å²) < 4.78 is 0.816.